The number of aromatic carboxylic acids is 1. The van der Waals surface area contributed by atoms with Gasteiger partial charge in [-0.05, 0) is 40.3 Å². The lowest BCUT2D eigenvalue weighted by Crippen LogP contribution is -1.97. The highest BCUT2D eigenvalue weighted by molar-refractivity contribution is 9.10. The fraction of sp³-hybridized carbons (Fsp3) is 0. The molecule has 0 aliphatic carbocycles. The molecule has 1 aromatic heterocycles. The minimum Gasteiger partial charge on any atom is -0.478 e. The molecule has 0 unspecified atom stereocenters. The van der Waals surface area contributed by atoms with E-state index in [1.54, 1.807) is 6.07 Å². The van der Waals surface area contributed by atoms with Gasteiger partial charge in [-0.1, -0.05) is 0 Å². The van der Waals surface area contributed by atoms with Gasteiger partial charge in [0.25, 0.3) is 0 Å². The van der Waals surface area contributed by atoms with Crippen molar-refractivity contribution in [2.24, 2.45) is 0 Å². The summed E-state index contributed by atoms with van der Waals surface area (Å²) in [5, 5.41) is 8.90. The number of H-pyrrole nitrogens is 2. The molecule has 0 bridgehead atoms. The Morgan fingerprint density at radius 1 is 1.36 bits per heavy atom. The van der Waals surface area contributed by atoms with Gasteiger partial charge in [0.05, 0.1) is 16.6 Å². The highest BCUT2D eigenvalue weighted by atomic mass is 79.9. The van der Waals surface area contributed by atoms with Crippen LogP contribution in [0.5, 0.6) is 0 Å². The molecule has 0 radical (unpaired) electrons. The summed E-state index contributed by atoms with van der Waals surface area (Å²) >= 11 is 8.20. The maximum absolute atomic E-state index is 10.9. The first-order valence-electron chi connectivity index (χ1n) is 3.73. The predicted molar refractivity (Wildman–Crippen MR) is 58.1 cm³/mol. The SMILES string of the molecule is O=C(O)c1ccc(Br)c2[nH]c(=S)[nH]c12. The van der Waals surface area contributed by atoms with Gasteiger partial charge >= 0.3 is 5.97 Å². The fourth-order valence-corrected chi connectivity index (χ4v) is 1.90. The van der Waals surface area contributed by atoms with E-state index >= 15 is 0 Å². The Morgan fingerprint density at radius 3 is 2.64 bits per heavy atom. The van der Waals surface area contributed by atoms with Crippen molar-refractivity contribution in [2.75, 3.05) is 0 Å². The number of imidazole rings is 1. The van der Waals surface area contributed by atoms with Gasteiger partial charge in [-0.15, -0.1) is 0 Å². The molecule has 6 heteroatoms. The summed E-state index contributed by atoms with van der Waals surface area (Å²) in [6.45, 7) is 0. The zero-order valence-corrected chi connectivity index (χ0v) is 9.20. The molecule has 0 spiro atoms. The molecule has 72 valence electrons. The number of halogens is 1. The van der Waals surface area contributed by atoms with Gasteiger partial charge in [0.2, 0.25) is 0 Å². The number of aromatic amines is 2. The largest absolute Gasteiger partial charge is 0.478 e. The molecule has 0 saturated heterocycles. The van der Waals surface area contributed by atoms with E-state index in [1.807, 2.05) is 0 Å². The third kappa shape index (κ3) is 1.36. The number of fused-ring (bicyclic) bond motifs is 1. The number of hydrogen-bond acceptors (Lipinski definition) is 2. The maximum atomic E-state index is 10.9. The molecule has 1 heterocycles. The molecule has 0 aliphatic heterocycles. The van der Waals surface area contributed by atoms with Crippen molar-refractivity contribution in [3.63, 3.8) is 0 Å². The Morgan fingerprint density at radius 2 is 2.00 bits per heavy atom. The summed E-state index contributed by atoms with van der Waals surface area (Å²) in [5.41, 5.74) is 1.39. The fourth-order valence-electron chi connectivity index (χ4n) is 1.27. The highest BCUT2D eigenvalue weighted by Crippen LogP contribution is 2.24. The molecule has 2 rings (SSSR count). The molecule has 14 heavy (non-hydrogen) atoms. The predicted octanol–water partition coefficient (Wildman–Crippen LogP) is 2.69. The summed E-state index contributed by atoms with van der Waals surface area (Å²) in [7, 11) is 0. The Labute approximate surface area is 92.1 Å². The van der Waals surface area contributed by atoms with E-state index in [0.717, 1.165) is 4.47 Å². The molecular formula is C8H5BrN2O2S. The van der Waals surface area contributed by atoms with E-state index < -0.39 is 5.97 Å². The second-order valence-electron chi connectivity index (χ2n) is 2.73. The molecule has 3 N–H and O–H groups in total. The van der Waals surface area contributed by atoms with Crippen LogP contribution in [0.1, 0.15) is 10.4 Å². The molecule has 1 aromatic carbocycles. The van der Waals surface area contributed by atoms with Gasteiger partial charge in [-0.2, -0.15) is 0 Å². The quantitative estimate of drug-likeness (QED) is 0.700. The van der Waals surface area contributed by atoms with Crippen molar-refractivity contribution in [3.8, 4) is 0 Å². The maximum Gasteiger partial charge on any atom is 0.337 e. The van der Waals surface area contributed by atoms with E-state index in [2.05, 4.69) is 25.9 Å². The van der Waals surface area contributed by atoms with Gasteiger partial charge in [0.1, 0.15) is 0 Å². The van der Waals surface area contributed by atoms with Crippen LogP contribution in [0.25, 0.3) is 11.0 Å². The summed E-state index contributed by atoms with van der Waals surface area (Å²) in [5.74, 6) is -0.979. The summed E-state index contributed by atoms with van der Waals surface area (Å²) in [4.78, 5) is 16.5. The lowest BCUT2D eigenvalue weighted by atomic mass is 10.2. The van der Waals surface area contributed by atoms with E-state index in [0.29, 0.717) is 15.8 Å². The first-order valence-corrected chi connectivity index (χ1v) is 4.93. The number of benzene rings is 1. The molecule has 0 atom stereocenters. The zero-order valence-electron chi connectivity index (χ0n) is 6.80. The smallest absolute Gasteiger partial charge is 0.337 e. The number of nitrogens with one attached hydrogen (secondary N) is 2. The number of aromatic nitrogens is 2. The van der Waals surface area contributed by atoms with Gasteiger partial charge in [-0.3, -0.25) is 0 Å². The van der Waals surface area contributed by atoms with Gasteiger partial charge in [0, 0.05) is 4.47 Å². The van der Waals surface area contributed by atoms with Crippen LogP contribution in [-0.4, -0.2) is 21.0 Å². The van der Waals surface area contributed by atoms with E-state index in [1.165, 1.54) is 6.07 Å². The van der Waals surface area contributed by atoms with Gasteiger partial charge < -0.3 is 15.1 Å². The standard InChI is InChI=1S/C8H5BrN2O2S/c9-4-2-1-3(7(12)13)5-6(4)11-8(14)10-5/h1-2H,(H,12,13)(H2,10,11,14). The van der Waals surface area contributed by atoms with Crippen LogP contribution in [0.3, 0.4) is 0 Å². The van der Waals surface area contributed by atoms with E-state index in [-0.39, 0.29) is 5.56 Å². The lowest BCUT2D eigenvalue weighted by molar-refractivity contribution is 0.0699. The molecule has 2 aromatic rings. The van der Waals surface area contributed by atoms with E-state index in [9.17, 15) is 4.79 Å². The van der Waals surface area contributed by atoms with Crippen molar-refractivity contribution in [1.82, 2.24) is 9.97 Å². The van der Waals surface area contributed by atoms with Crippen molar-refractivity contribution >= 4 is 45.2 Å². The Bertz CT molecular complexity index is 572. The highest BCUT2D eigenvalue weighted by Gasteiger charge is 2.11. The van der Waals surface area contributed by atoms with Crippen LogP contribution < -0.4 is 0 Å². The van der Waals surface area contributed by atoms with Crippen LogP contribution in [0.2, 0.25) is 0 Å². The summed E-state index contributed by atoms with van der Waals surface area (Å²) < 4.78 is 1.19. The third-order valence-electron chi connectivity index (χ3n) is 1.86. The van der Waals surface area contributed by atoms with Gasteiger partial charge in [-0.25, -0.2) is 4.79 Å². The Kier molecular flexibility index (Phi) is 2.16. The number of carbonyl (C=O) groups is 1. The number of hydrogen-bond donors (Lipinski definition) is 3. The van der Waals surface area contributed by atoms with Crippen molar-refractivity contribution in [3.05, 3.63) is 26.9 Å². The summed E-state index contributed by atoms with van der Waals surface area (Å²) in [6, 6.07) is 3.19. The second kappa shape index (κ2) is 3.21. The number of carboxylic acid groups (broad SMARTS) is 1. The Balaban J connectivity index is 2.94. The third-order valence-corrected chi connectivity index (χ3v) is 2.73. The van der Waals surface area contributed by atoms with Crippen molar-refractivity contribution in [2.45, 2.75) is 0 Å². The van der Waals surface area contributed by atoms with E-state index in [4.69, 9.17) is 17.3 Å². The topological polar surface area (TPSA) is 68.9 Å². The summed E-state index contributed by atoms with van der Waals surface area (Å²) in [6.07, 6.45) is 0. The molecular weight excluding hydrogens is 268 g/mol. The van der Waals surface area contributed by atoms with Crippen LogP contribution in [0.4, 0.5) is 0 Å². The van der Waals surface area contributed by atoms with Crippen molar-refractivity contribution < 1.29 is 9.90 Å². The molecule has 0 aliphatic rings. The van der Waals surface area contributed by atoms with Crippen LogP contribution in [0, 0.1) is 4.77 Å². The monoisotopic (exact) mass is 272 g/mol. The zero-order chi connectivity index (χ0) is 10.3. The van der Waals surface area contributed by atoms with Crippen molar-refractivity contribution in [1.29, 1.82) is 0 Å². The normalized spacial score (nSPS) is 10.6. The average Bonchev–Trinajstić information content (AvgIpc) is 2.47. The average molecular weight is 273 g/mol. The van der Waals surface area contributed by atoms with Crippen LogP contribution >= 0.6 is 28.1 Å². The molecule has 0 amide bonds. The first kappa shape index (κ1) is 9.42. The molecule has 4 nitrogen and oxygen atoms in total. The number of rotatable bonds is 1. The molecule has 0 saturated carbocycles. The minimum absolute atomic E-state index is 0.204. The lowest BCUT2D eigenvalue weighted by Gasteiger charge is -1.97. The van der Waals surface area contributed by atoms with Gasteiger partial charge in [0.15, 0.2) is 4.77 Å². The van der Waals surface area contributed by atoms with Crippen LogP contribution in [-0.2, 0) is 0 Å². The van der Waals surface area contributed by atoms with Crippen LogP contribution in [0.15, 0.2) is 16.6 Å². The first-order chi connectivity index (χ1) is 6.59. The molecule has 0 fully saturated rings. The minimum atomic E-state index is -0.979. The second-order valence-corrected chi connectivity index (χ2v) is 3.99. The number of carboxylic acids is 1. The Hall–Kier alpha value is -1.14.